The van der Waals surface area contributed by atoms with Crippen LogP contribution in [0.25, 0.3) is 0 Å². The van der Waals surface area contributed by atoms with Gasteiger partial charge in [0.15, 0.2) is 0 Å². The molecule has 0 amide bonds. The first-order valence-electron chi connectivity index (χ1n) is 7.08. The predicted molar refractivity (Wildman–Crippen MR) is 80.2 cm³/mol. The minimum atomic E-state index is 0.287. The SMILES string of the molecule is CCC1CNC(C)(CC)CN1Cc1cscc1C. The maximum atomic E-state index is 3.73. The fraction of sp³-hybridized carbons (Fsp3) is 0.733. The Labute approximate surface area is 115 Å². The fourth-order valence-corrected chi connectivity index (χ4v) is 3.57. The molecular formula is C15H26N2S. The van der Waals surface area contributed by atoms with Crippen LogP contribution in [0.4, 0.5) is 0 Å². The molecule has 1 N–H and O–H groups in total. The zero-order chi connectivity index (χ0) is 13.2. The molecule has 102 valence electrons. The van der Waals surface area contributed by atoms with Crippen molar-refractivity contribution >= 4 is 11.3 Å². The van der Waals surface area contributed by atoms with Gasteiger partial charge in [-0.1, -0.05) is 13.8 Å². The van der Waals surface area contributed by atoms with E-state index in [1.165, 1.54) is 24.0 Å². The summed E-state index contributed by atoms with van der Waals surface area (Å²) in [6.07, 6.45) is 2.43. The largest absolute Gasteiger partial charge is 0.309 e. The zero-order valence-corrected chi connectivity index (χ0v) is 12.9. The summed E-state index contributed by atoms with van der Waals surface area (Å²) in [4.78, 5) is 2.68. The molecule has 2 atom stereocenters. The summed E-state index contributed by atoms with van der Waals surface area (Å²) in [5.74, 6) is 0. The molecule has 0 saturated carbocycles. The van der Waals surface area contributed by atoms with Gasteiger partial charge in [0.25, 0.3) is 0 Å². The van der Waals surface area contributed by atoms with Gasteiger partial charge in [-0.05, 0) is 48.6 Å². The van der Waals surface area contributed by atoms with Crippen LogP contribution in [-0.4, -0.2) is 29.6 Å². The third-order valence-corrected chi connectivity index (χ3v) is 5.33. The van der Waals surface area contributed by atoms with E-state index in [1.807, 2.05) is 11.3 Å². The second kappa shape index (κ2) is 5.72. The van der Waals surface area contributed by atoms with Crippen LogP contribution < -0.4 is 5.32 Å². The maximum absolute atomic E-state index is 3.73. The van der Waals surface area contributed by atoms with E-state index in [4.69, 9.17) is 0 Å². The van der Waals surface area contributed by atoms with E-state index < -0.39 is 0 Å². The van der Waals surface area contributed by atoms with Crippen LogP contribution in [0.2, 0.25) is 0 Å². The summed E-state index contributed by atoms with van der Waals surface area (Å²) in [7, 11) is 0. The molecule has 1 saturated heterocycles. The van der Waals surface area contributed by atoms with Gasteiger partial charge in [0.05, 0.1) is 0 Å². The molecule has 18 heavy (non-hydrogen) atoms. The summed E-state index contributed by atoms with van der Waals surface area (Å²) >= 11 is 1.83. The van der Waals surface area contributed by atoms with E-state index in [2.05, 4.69) is 48.7 Å². The number of nitrogens with one attached hydrogen (secondary N) is 1. The van der Waals surface area contributed by atoms with Gasteiger partial charge in [-0.15, -0.1) is 0 Å². The molecule has 1 aliphatic rings. The van der Waals surface area contributed by atoms with Gasteiger partial charge in [0.1, 0.15) is 0 Å². The van der Waals surface area contributed by atoms with Crippen molar-refractivity contribution in [3.05, 3.63) is 21.9 Å². The van der Waals surface area contributed by atoms with Crippen LogP contribution in [0.5, 0.6) is 0 Å². The number of hydrogen-bond donors (Lipinski definition) is 1. The van der Waals surface area contributed by atoms with Crippen LogP contribution in [0.15, 0.2) is 10.8 Å². The number of aryl methyl sites for hydroxylation is 1. The van der Waals surface area contributed by atoms with Gasteiger partial charge in [0.2, 0.25) is 0 Å². The van der Waals surface area contributed by atoms with Crippen molar-refractivity contribution in [1.29, 1.82) is 0 Å². The number of hydrogen-bond acceptors (Lipinski definition) is 3. The van der Waals surface area contributed by atoms with E-state index in [0.29, 0.717) is 6.04 Å². The first kappa shape index (κ1) is 14.0. The highest BCUT2D eigenvalue weighted by molar-refractivity contribution is 7.08. The minimum absolute atomic E-state index is 0.287. The third-order valence-electron chi connectivity index (χ3n) is 4.42. The van der Waals surface area contributed by atoms with E-state index >= 15 is 0 Å². The lowest BCUT2D eigenvalue weighted by Gasteiger charge is -2.46. The molecule has 2 unspecified atom stereocenters. The monoisotopic (exact) mass is 266 g/mol. The Morgan fingerprint density at radius 2 is 2.22 bits per heavy atom. The Morgan fingerprint density at radius 3 is 2.78 bits per heavy atom. The molecule has 1 aromatic rings. The zero-order valence-electron chi connectivity index (χ0n) is 12.1. The van der Waals surface area contributed by atoms with Gasteiger partial charge in [-0.3, -0.25) is 4.90 Å². The normalized spacial score (nSPS) is 29.7. The Bertz CT molecular complexity index is 388. The quantitative estimate of drug-likeness (QED) is 0.898. The van der Waals surface area contributed by atoms with Crippen molar-refractivity contribution in [3.63, 3.8) is 0 Å². The van der Waals surface area contributed by atoms with Crippen molar-refractivity contribution in [2.45, 2.75) is 58.7 Å². The van der Waals surface area contributed by atoms with Crippen molar-refractivity contribution < 1.29 is 0 Å². The van der Waals surface area contributed by atoms with Crippen molar-refractivity contribution in [2.75, 3.05) is 13.1 Å². The van der Waals surface area contributed by atoms with Crippen molar-refractivity contribution in [1.82, 2.24) is 10.2 Å². The van der Waals surface area contributed by atoms with Gasteiger partial charge in [0, 0.05) is 31.2 Å². The lowest BCUT2D eigenvalue weighted by atomic mass is 9.92. The van der Waals surface area contributed by atoms with Crippen molar-refractivity contribution in [3.8, 4) is 0 Å². The number of nitrogens with zero attached hydrogens (tertiary/aromatic N) is 1. The molecule has 1 fully saturated rings. The van der Waals surface area contributed by atoms with Crippen LogP contribution in [0, 0.1) is 6.92 Å². The Hall–Kier alpha value is -0.380. The lowest BCUT2D eigenvalue weighted by Crippen LogP contribution is -2.62. The average molecular weight is 266 g/mol. The molecule has 2 heterocycles. The van der Waals surface area contributed by atoms with Gasteiger partial charge in [-0.2, -0.15) is 11.3 Å². The van der Waals surface area contributed by atoms with Crippen LogP contribution in [0.3, 0.4) is 0 Å². The fourth-order valence-electron chi connectivity index (χ4n) is 2.72. The Kier molecular flexibility index (Phi) is 4.46. The van der Waals surface area contributed by atoms with Crippen LogP contribution >= 0.6 is 11.3 Å². The molecule has 3 heteroatoms. The molecule has 2 rings (SSSR count). The van der Waals surface area contributed by atoms with Crippen molar-refractivity contribution in [2.24, 2.45) is 0 Å². The molecule has 0 spiro atoms. The molecule has 0 aliphatic carbocycles. The summed E-state index contributed by atoms with van der Waals surface area (Å²) in [6, 6.07) is 0.684. The molecule has 1 aromatic heterocycles. The highest BCUT2D eigenvalue weighted by atomic mass is 32.1. The van der Waals surface area contributed by atoms with E-state index in [0.717, 1.165) is 19.6 Å². The molecule has 0 bridgehead atoms. The standard InChI is InChI=1S/C15H26N2S/c1-5-14-7-16-15(4,6-2)11-17(14)8-13-10-18-9-12(13)3/h9-10,14,16H,5-8,11H2,1-4H3. The van der Waals surface area contributed by atoms with Crippen LogP contribution in [-0.2, 0) is 6.54 Å². The number of rotatable bonds is 4. The topological polar surface area (TPSA) is 15.3 Å². The summed E-state index contributed by atoms with van der Waals surface area (Å²) < 4.78 is 0. The predicted octanol–water partition coefficient (Wildman–Crippen LogP) is 3.41. The van der Waals surface area contributed by atoms with Gasteiger partial charge < -0.3 is 5.32 Å². The summed E-state index contributed by atoms with van der Waals surface area (Å²) in [6.45, 7) is 12.6. The first-order valence-corrected chi connectivity index (χ1v) is 8.03. The number of piperazine rings is 1. The maximum Gasteiger partial charge on any atom is 0.0278 e. The molecule has 2 nitrogen and oxygen atoms in total. The highest BCUT2D eigenvalue weighted by Gasteiger charge is 2.33. The summed E-state index contributed by atoms with van der Waals surface area (Å²) in [5, 5.41) is 8.31. The average Bonchev–Trinajstić information content (AvgIpc) is 2.76. The summed E-state index contributed by atoms with van der Waals surface area (Å²) in [5.41, 5.74) is 3.25. The molecule has 1 aliphatic heterocycles. The second-order valence-electron chi connectivity index (χ2n) is 5.84. The molecule has 0 aromatic carbocycles. The minimum Gasteiger partial charge on any atom is -0.309 e. The van der Waals surface area contributed by atoms with Crippen LogP contribution in [0.1, 0.15) is 44.7 Å². The van der Waals surface area contributed by atoms with E-state index in [1.54, 1.807) is 0 Å². The van der Waals surface area contributed by atoms with E-state index in [-0.39, 0.29) is 5.54 Å². The van der Waals surface area contributed by atoms with E-state index in [9.17, 15) is 0 Å². The smallest absolute Gasteiger partial charge is 0.0278 e. The molecule has 0 radical (unpaired) electrons. The third kappa shape index (κ3) is 2.95. The number of thiophene rings is 1. The van der Waals surface area contributed by atoms with Gasteiger partial charge >= 0.3 is 0 Å². The first-order chi connectivity index (χ1) is 8.58. The van der Waals surface area contributed by atoms with Gasteiger partial charge in [-0.25, -0.2) is 0 Å². The Morgan fingerprint density at radius 1 is 1.44 bits per heavy atom. The Balaban J connectivity index is 2.09. The molecular weight excluding hydrogens is 240 g/mol. The second-order valence-corrected chi connectivity index (χ2v) is 6.59. The lowest BCUT2D eigenvalue weighted by molar-refractivity contribution is 0.0754. The highest BCUT2D eigenvalue weighted by Crippen LogP contribution is 2.24.